The molecular weight excluding hydrogens is 238 g/mol. The molecule has 1 aromatic rings. The van der Waals surface area contributed by atoms with E-state index in [-0.39, 0.29) is 0 Å². The molecule has 3 nitrogen and oxygen atoms in total. The number of hydrogen-bond donors (Lipinski definition) is 1. The van der Waals surface area contributed by atoms with Gasteiger partial charge in [0.2, 0.25) is 0 Å². The van der Waals surface area contributed by atoms with Gasteiger partial charge in [-0.15, -0.1) is 0 Å². The Labute approximate surface area is 115 Å². The Balaban J connectivity index is 2.44. The summed E-state index contributed by atoms with van der Waals surface area (Å²) < 4.78 is 0. The predicted molar refractivity (Wildman–Crippen MR) is 76.2 cm³/mol. The number of carbonyl (C=O) groups is 1. The van der Waals surface area contributed by atoms with E-state index in [1.807, 2.05) is 32.3 Å². The molecule has 19 heavy (non-hydrogen) atoms. The topological polar surface area (TPSA) is 40.5 Å². The number of carboxylic acids is 1. The summed E-state index contributed by atoms with van der Waals surface area (Å²) in [6.07, 6.45) is 4.73. The van der Waals surface area contributed by atoms with E-state index in [0.717, 1.165) is 49.8 Å². The first-order valence-corrected chi connectivity index (χ1v) is 7.03. The summed E-state index contributed by atoms with van der Waals surface area (Å²) in [6, 6.07) is 8.04. The Kier molecular flexibility index (Phi) is 4.25. The monoisotopic (exact) mass is 261 g/mol. The van der Waals surface area contributed by atoms with Crippen molar-refractivity contribution >= 4 is 5.97 Å². The van der Waals surface area contributed by atoms with Crippen LogP contribution in [0.25, 0.3) is 0 Å². The van der Waals surface area contributed by atoms with Gasteiger partial charge in [-0.1, -0.05) is 43.5 Å². The number of nitrogens with zero attached hydrogens (tertiary/aromatic N) is 1. The largest absolute Gasteiger partial charge is 0.481 e. The fourth-order valence-electron chi connectivity index (χ4n) is 3.22. The third-order valence-electron chi connectivity index (χ3n) is 4.14. The van der Waals surface area contributed by atoms with E-state index in [1.54, 1.807) is 0 Å². The van der Waals surface area contributed by atoms with Gasteiger partial charge >= 0.3 is 5.97 Å². The fraction of sp³-hybridized carbons (Fsp3) is 0.562. The van der Waals surface area contributed by atoms with Gasteiger partial charge in [-0.25, -0.2) is 0 Å². The molecule has 2 rings (SSSR count). The van der Waals surface area contributed by atoms with Crippen molar-refractivity contribution in [3.05, 3.63) is 35.4 Å². The van der Waals surface area contributed by atoms with Gasteiger partial charge in [0.25, 0.3) is 0 Å². The summed E-state index contributed by atoms with van der Waals surface area (Å²) in [5.74, 6) is -0.654. The molecule has 1 aliphatic carbocycles. The minimum atomic E-state index is -0.662. The molecule has 0 aromatic heterocycles. The molecule has 1 fully saturated rings. The van der Waals surface area contributed by atoms with Crippen LogP contribution >= 0.6 is 0 Å². The molecular formula is C16H23NO2. The molecule has 0 heterocycles. The minimum absolute atomic E-state index is 0.654. The lowest BCUT2D eigenvalue weighted by Gasteiger charge is -2.35. The molecule has 0 spiro atoms. The van der Waals surface area contributed by atoms with Crippen LogP contribution in [0.15, 0.2) is 24.3 Å². The van der Waals surface area contributed by atoms with Crippen LogP contribution in [0, 0.1) is 0 Å². The first-order chi connectivity index (χ1) is 9.06. The van der Waals surface area contributed by atoms with E-state index in [1.165, 1.54) is 0 Å². The van der Waals surface area contributed by atoms with Crippen molar-refractivity contribution in [2.75, 3.05) is 14.1 Å². The summed E-state index contributed by atoms with van der Waals surface area (Å²) in [4.78, 5) is 14.0. The molecule has 0 atom stereocenters. The number of aliphatic carboxylic acids is 1. The maximum atomic E-state index is 11.9. The molecule has 0 amide bonds. The standard InChI is InChI=1S/C16H23NO2/c1-17(2)12-13-8-4-5-9-14(13)16(15(18)19)10-6-3-7-11-16/h4-5,8-9H,3,6-7,10-12H2,1-2H3,(H,18,19). The molecule has 0 radical (unpaired) electrons. The van der Waals surface area contributed by atoms with Crippen molar-refractivity contribution in [2.24, 2.45) is 0 Å². The highest BCUT2D eigenvalue weighted by molar-refractivity contribution is 5.82. The zero-order chi connectivity index (χ0) is 13.9. The highest BCUT2D eigenvalue weighted by Gasteiger charge is 2.42. The minimum Gasteiger partial charge on any atom is -0.481 e. The van der Waals surface area contributed by atoms with E-state index in [2.05, 4.69) is 11.0 Å². The molecule has 0 saturated heterocycles. The van der Waals surface area contributed by atoms with Crippen LogP contribution in [0.5, 0.6) is 0 Å². The summed E-state index contributed by atoms with van der Waals surface area (Å²) >= 11 is 0. The van der Waals surface area contributed by atoms with Crippen LogP contribution in [0.1, 0.15) is 43.2 Å². The Bertz CT molecular complexity index is 448. The van der Waals surface area contributed by atoms with Crippen LogP contribution in [0.4, 0.5) is 0 Å². The van der Waals surface area contributed by atoms with Crippen molar-refractivity contribution in [1.29, 1.82) is 0 Å². The van der Waals surface area contributed by atoms with E-state index >= 15 is 0 Å². The molecule has 3 heteroatoms. The maximum Gasteiger partial charge on any atom is 0.314 e. The first kappa shape index (κ1) is 14.1. The zero-order valence-corrected chi connectivity index (χ0v) is 11.9. The van der Waals surface area contributed by atoms with Crippen molar-refractivity contribution in [2.45, 2.75) is 44.1 Å². The molecule has 1 aliphatic rings. The molecule has 104 valence electrons. The van der Waals surface area contributed by atoms with Crippen LogP contribution in [-0.2, 0) is 16.8 Å². The first-order valence-electron chi connectivity index (χ1n) is 7.03. The van der Waals surface area contributed by atoms with Gasteiger partial charge in [-0.05, 0) is 38.1 Å². The van der Waals surface area contributed by atoms with Gasteiger partial charge in [0.15, 0.2) is 0 Å². The third kappa shape index (κ3) is 2.81. The van der Waals surface area contributed by atoms with E-state index in [9.17, 15) is 9.90 Å². The Morgan fingerprint density at radius 1 is 1.21 bits per heavy atom. The molecule has 0 unspecified atom stereocenters. The van der Waals surface area contributed by atoms with Crippen molar-refractivity contribution < 1.29 is 9.90 Å². The summed E-state index contributed by atoms with van der Waals surface area (Å²) in [5.41, 5.74) is 1.51. The van der Waals surface area contributed by atoms with Crippen LogP contribution in [0.2, 0.25) is 0 Å². The van der Waals surface area contributed by atoms with Crippen molar-refractivity contribution in [3.63, 3.8) is 0 Å². The Morgan fingerprint density at radius 3 is 2.42 bits per heavy atom. The number of rotatable bonds is 4. The Morgan fingerprint density at radius 2 is 1.84 bits per heavy atom. The number of hydrogen-bond acceptors (Lipinski definition) is 2. The second-order valence-electron chi connectivity index (χ2n) is 5.84. The van der Waals surface area contributed by atoms with Gasteiger partial charge in [0.1, 0.15) is 0 Å². The van der Waals surface area contributed by atoms with Crippen molar-refractivity contribution in [3.8, 4) is 0 Å². The maximum absolute atomic E-state index is 11.9. The lowest BCUT2D eigenvalue weighted by molar-refractivity contribution is -0.145. The second kappa shape index (κ2) is 5.74. The molecule has 1 aromatic carbocycles. The third-order valence-corrected chi connectivity index (χ3v) is 4.14. The van der Waals surface area contributed by atoms with Gasteiger partial charge in [0.05, 0.1) is 5.41 Å². The quantitative estimate of drug-likeness (QED) is 0.905. The van der Waals surface area contributed by atoms with E-state index in [0.29, 0.717) is 0 Å². The highest BCUT2D eigenvalue weighted by atomic mass is 16.4. The zero-order valence-electron chi connectivity index (χ0n) is 11.9. The number of benzene rings is 1. The molecule has 1 saturated carbocycles. The lowest BCUT2D eigenvalue weighted by atomic mass is 9.68. The van der Waals surface area contributed by atoms with E-state index in [4.69, 9.17) is 0 Å². The smallest absolute Gasteiger partial charge is 0.314 e. The van der Waals surface area contributed by atoms with Gasteiger partial charge < -0.3 is 10.0 Å². The summed E-state index contributed by atoms with van der Waals surface area (Å²) in [6.45, 7) is 0.797. The van der Waals surface area contributed by atoms with Crippen LogP contribution < -0.4 is 0 Å². The lowest BCUT2D eigenvalue weighted by Crippen LogP contribution is -2.39. The van der Waals surface area contributed by atoms with Crippen LogP contribution in [0.3, 0.4) is 0 Å². The van der Waals surface area contributed by atoms with Gasteiger partial charge in [-0.3, -0.25) is 4.79 Å². The van der Waals surface area contributed by atoms with Gasteiger partial charge in [0, 0.05) is 6.54 Å². The summed E-state index contributed by atoms with van der Waals surface area (Å²) in [7, 11) is 4.04. The Hall–Kier alpha value is -1.35. The van der Waals surface area contributed by atoms with Crippen molar-refractivity contribution in [1.82, 2.24) is 4.90 Å². The molecule has 1 N–H and O–H groups in total. The normalized spacial score (nSPS) is 18.5. The summed E-state index contributed by atoms with van der Waals surface area (Å²) in [5, 5.41) is 9.79. The number of carboxylic acid groups (broad SMARTS) is 1. The van der Waals surface area contributed by atoms with Gasteiger partial charge in [-0.2, -0.15) is 0 Å². The van der Waals surface area contributed by atoms with Crippen LogP contribution in [-0.4, -0.2) is 30.1 Å². The average Bonchev–Trinajstić information content (AvgIpc) is 2.39. The predicted octanol–water partition coefficient (Wildman–Crippen LogP) is 3.03. The van der Waals surface area contributed by atoms with E-state index < -0.39 is 11.4 Å². The second-order valence-corrected chi connectivity index (χ2v) is 5.84. The molecule has 0 bridgehead atoms. The SMILES string of the molecule is CN(C)Cc1ccccc1C1(C(=O)O)CCCCC1. The molecule has 0 aliphatic heterocycles. The highest BCUT2D eigenvalue weighted by Crippen LogP contribution is 2.41. The average molecular weight is 261 g/mol. The fourth-order valence-corrected chi connectivity index (χ4v) is 3.22.